The Kier molecular flexibility index (Phi) is 6.43. The summed E-state index contributed by atoms with van der Waals surface area (Å²) in [6, 6.07) is 15.2. The zero-order chi connectivity index (χ0) is 15.1. The molecular weight excluding hydrogens is 325 g/mol. The van der Waals surface area contributed by atoms with Gasteiger partial charge in [0.15, 0.2) is 0 Å². The Morgan fingerprint density at radius 2 is 1.76 bits per heavy atom. The second-order valence-electron chi connectivity index (χ2n) is 4.49. The van der Waals surface area contributed by atoms with Crippen molar-refractivity contribution in [3.8, 4) is 0 Å². The predicted molar refractivity (Wildman–Crippen MR) is 90.9 cm³/mol. The van der Waals surface area contributed by atoms with Gasteiger partial charge in [-0.25, -0.2) is 0 Å². The Hall–Kier alpha value is -1.16. The van der Waals surface area contributed by atoms with Gasteiger partial charge >= 0.3 is 0 Å². The molecule has 110 valence electrons. The van der Waals surface area contributed by atoms with Gasteiger partial charge < -0.3 is 5.32 Å². The molecule has 0 atom stereocenters. The minimum absolute atomic E-state index is 0.00823. The summed E-state index contributed by atoms with van der Waals surface area (Å²) in [6.45, 7) is 0.458. The maximum Gasteiger partial charge on any atom is 0.230 e. The second-order valence-corrected chi connectivity index (χ2v) is 6.32. The summed E-state index contributed by atoms with van der Waals surface area (Å²) < 4.78 is 0. The average molecular weight is 340 g/mol. The molecule has 1 amide bonds. The Morgan fingerprint density at radius 1 is 1.05 bits per heavy atom. The SMILES string of the molecule is O=C(CSCc1ccc(Cl)cc1)NCc1ccccc1Cl. The van der Waals surface area contributed by atoms with Crippen LogP contribution in [0.15, 0.2) is 48.5 Å². The van der Waals surface area contributed by atoms with E-state index in [1.807, 2.05) is 48.5 Å². The van der Waals surface area contributed by atoms with E-state index in [0.29, 0.717) is 17.3 Å². The smallest absolute Gasteiger partial charge is 0.230 e. The van der Waals surface area contributed by atoms with Gasteiger partial charge in [0, 0.05) is 22.3 Å². The van der Waals surface area contributed by atoms with Crippen LogP contribution in [0.1, 0.15) is 11.1 Å². The highest BCUT2D eigenvalue weighted by Gasteiger charge is 2.04. The number of halogens is 2. The lowest BCUT2D eigenvalue weighted by Gasteiger charge is -2.07. The lowest BCUT2D eigenvalue weighted by molar-refractivity contribution is -0.118. The zero-order valence-corrected chi connectivity index (χ0v) is 13.6. The van der Waals surface area contributed by atoms with Crippen molar-refractivity contribution in [3.05, 3.63) is 69.7 Å². The van der Waals surface area contributed by atoms with E-state index >= 15 is 0 Å². The number of hydrogen-bond acceptors (Lipinski definition) is 2. The molecule has 2 rings (SSSR count). The molecule has 5 heteroatoms. The van der Waals surface area contributed by atoms with Crippen LogP contribution in [-0.2, 0) is 17.1 Å². The van der Waals surface area contributed by atoms with Crippen molar-refractivity contribution < 1.29 is 4.79 Å². The molecule has 0 fully saturated rings. The van der Waals surface area contributed by atoms with Crippen molar-refractivity contribution in [1.29, 1.82) is 0 Å². The molecule has 0 radical (unpaired) electrons. The summed E-state index contributed by atoms with van der Waals surface area (Å²) in [5.74, 6) is 1.22. The summed E-state index contributed by atoms with van der Waals surface area (Å²) in [7, 11) is 0. The number of thioether (sulfide) groups is 1. The lowest BCUT2D eigenvalue weighted by atomic mass is 10.2. The first-order valence-corrected chi connectivity index (χ1v) is 8.38. The van der Waals surface area contributed by atoms with Crippen LogP contribution >= 0.6 is 35.0 Å². The average Bonchev–Trinajstić information content (AvgIpc) is 2.48. The van der Waals surface area contributed by atoms with Crippen molar-refractivity contribution in [2.75, 3.05) is 5.75 Å². The van der Waals surface area contributed by atoms with E-state index in [2.05, 4.69) is 5.32 Å². The van der Waals surface area contributed by atoms with Gasteiger partial charge in [-0.1, -0.05) is 53.5 Å². The fourth-order valence-corrected chi connectivity index (χ4v) is 2.88. The minimum Gasteiger partial charge on any atom is -0.351 e. The molecule has 21 heavy (non-hydrogen) atoms. The third kappa shape index (κ3) is 5.62. The molecule has 2 aromatic carbocycles. The Labute approximate surface area is 138 Å². The summed E-state index contributed by atoms with van der Waals surface area (Å²) in [5.41, 5.74) is 2.08. The molecule has 2 nitrogen and oxygen atoms in total. The number of benzene rings is 2. The molecule has 0 aliphatic carbocycles. The molecule has 0 spiro atoms. The van der Waals surface area contributed by atoms with E-state index in [0.717, 1.165) is 21.9 Å². The minimum atomic E-state index is 0.00823. The molecule has 0 saturated heterocycles. The van der Waals surface area contributed by atoms with Gasteiger partial charge in [0.05, 0.1) is 5.75 Å². The third-order valence-corrected chi connectivity index (χ3v) is 4.47. The standard InChI is InChI=1S/C16H15Cl2NOS/c17-14-7-5-12(6-8-14)10-21-11-16(20)19-9-13-3-1-2-4-15(13)18/h1-8H,9-11H2,(H,19,20). The Balaban J connectivity index is 1.70. The fraction of sp³-hybridized carbons (Fsp3) is 0.188. The maximum atomic E-state index is 11.8. The second kappa shape index (κ2) is 8.32. The number of nitrogens with one attached hydrogen (secondary N) is 1. The topological polar surface area (TPSA) is 29.1 Å². The molecule has 2 aromatic rings. The molecule has 0 aliphatic rings. The summed E-state index contributed by atoms with van der Waals surface area (Å²) in [5, 5.41) is 4.27. The van der Waals surface area contributed by atoms with Crippen LogP contribution in [0.25, 0.3) is 0 Å². The van der Waals surface area contributed by atoms with Crippen molar-refractivity contribution in [2.24, 2.45) is 0 Å². The molecular formula is C16H15Cl2NOS. The van der Waals surface area contributed by atoms with Crippen LogP contribution < -0.4 is 5.32 Å². The highest BCUT2D eigenvalue weighted by molar-refractivity contribution is 7.99. The summed E-state index contributed by atoms with van der Waals surface area (Å²) in [6.07, 6.45) is 0. The first kappa shape index (κ1) is 16.2. The van der Waals surface area contributed by atoms with Gasteiger partial charge in [-0.3, -0.25) is 4.79 Å². The number of hydrogen-bond donors (Lipinski definition) is 1. The number of rotatable bonds is 6. The first-order chi connectivity index (χ1) is 10.1. The number of carbonyl (C=O) groups is 1. The largest absolute Gasteiger partial charge is 0.351 e. The van der Waals surface area contributed by atoms with Crippen LogP contribution in [-0.4, -0.2) is 11.7 Å². The van der Waals surface area contributed by atoms with E-state index in [1.54, 1.807) is 11.8 Å². The van der Waals surface area contributed by atoms with Crippen LogP contribution in [0.3, 0.4) is 0 Å². The van der Waals surface area contributed by atoms with Crippen molar-refractivity contribution in [3.63, 3.8) is 0 Å². The number of amides is 1. The van der Waals surface area contributed by atoms with Crippen LogP contribution in [0, 0.1) is 0 Å². The summed E-state index contributed by atoms with van der Waals surface area (Å²) >= 11 is 13.4. The van der Waals surface area contributed by atoms with Gasteiger partial charge in [0.1, 0.15) is 0 Å². The van der Waals surface area contributed by atoms with Crippen molar-refractivity contribution in [2.45, 2.75) is 12.3 Å². The maximum absolute atomic E-state index is 11.8. The predicted octanol–water partition coefficient (Wildman–Crippen LogP) is 4.54. The first-order valence-electron chi connectivity index (χ1n) is 6.47. The Morgan fingerprint density at radius 3 is 2.48 bits per heavy atom. The lowest BCUT2D eigenvalue weighted by Crippen LogP contribution is -2.24. The van der Waals surface area contributed by atoms with Gasteiger partial charge in [-0.15, -0.1) is 11.8 Å². The van der Waals surface area contributed by atoms with E-state index in [9.17, 15) is 4.79 Å². The third-order valence-electron chi connectivity index (χ3n) is 2.85. The monoisotopic (exact) mass is 339 g/mol. The fourth-order valence-electron chi connectivity index (χ4n) is 1.73. The van der Waals surface area contributed by atoms with Gasteiger partial charge in [-0.05, 0) is 29.3 Å². The van der Waals surface area contributed by atoms with E-state index in [-0.39, 0.29) is 5.91 Å². The van der Waals surface area contributed by atoms with Crippen LogP contribution in [0.4, 0.5) is 0 Å². The van der Waals surface area contributed by atoms with Crippen molar-refractivity contribution in [1.82, 2.24) is 5.32 Å². The van der Waals surface area contributed by atoms with Crippen LogP contribution in [0.2, 0.25) is 10.0 Å². The quantitative estimate of drug-likeness (QED) is 0.836. The normalized spacial score (nSPS) is 10.4. The van der Waals surface area contributed by atoms with E-state index in [1.165, 1.54) is 0 Å². The Bertz CT molecular complexity index is 601. The molecule has 0 unspecified atom stereocenters. The molecule has 0 bridgehead atoms. The zero-order valence-electron chi connectivity index (χ0n) is 11.3. The van der Waals surface area contributed by atoms with Gasteiger partial charge in [0.25, 0.3) is 0 Å². The van der Waals surface area contributed by atoms with E-state index < -0.39 is 0 Å². The highest BCUT2D eigenvalue weighted by atomic mass is 35.5. The number of carbonyl (C=O) groups excluding carboxylic acids is 1. The molecule has 0 saturated carbocycles. The molecule has 0 heterocycles. The highest BCUT2D eigenvalue weighted by Crippen LogP contribution is 2.16. The summed E-state index contributed by atoms with van der Waals surface area (Å²) in [4.78, 5) is 11.8. The van der Waals surface area contributed by atoms with Crippen molar-refractivity contribution >= 4 is 40.9 Å². The van der Waals surface area contributed by atoms with E-state index in [4.69, 9.17) is 23.2 Å². The van der Waals surface area contributed by atoms with Gasteiger partial charge in [-0.2, -0.15) is 0 Å². The van der Waals surface area contributed by atoms with Crippen LogP contribution in [0.5, 0.6) is 0 Å². The molecule has 1 N–H and O–H groups in total. The molecule has 0 aromatic heterocycles. The van der Waals surface area contributed by atoms with Gasteiger partial charge in [0.2, 0.25) is 5.91 Å². The molecule has 0 aliphatic heterocycles.